The Kier molecular flexibility index (Phi) is 4.33. The molecule has 0 aliphatic carbocycles. The van der Waals surface area contributed by atoms with Crippen LogP contribution < -0.4 is 10.6 Å². The first-order valence-electron chi connectivity index (χ1n) is 4.98. The first-order chi connectivity index (χ1) is 9.01. The fourth-order valence-electron chi connectivity index (χ4n) is 1.24. The van der Waals surface area contributed by atoms with Crippen molar-refractivity contribution in [2.24, 2.45) is 0 Å². The van der Waals surface area contributed by atoms with Crippen molar-refractivity contribution in [3.8, 4) is 0 Å². The van der Waals surface area contributed by atoms with Gasteiger partial charge < -0.3 is 10.6 Å². The van der Waals surface area contributed by atoms with Crippen LogP contribution in [0, 0.1) is 5.82 Å². The van der Waals surface area contributed by atoms with Gasteiger partial charge in [0.25, 0.3) is 5.91 Å². The number of hydrogen-bond acceptors (Lipinski definition) is 5. The minimum Gasteiger partial charge on any atom is -0.363 e. The molecule has 0 fully saturated rings. The van der Waals surface area contributed by atoms with Gasteiger partial charge in [-0.1, -0.05) is 22.9 Å². The summed E-state index contributed by atoms with van der Waals surface area (Å²) in [6.07, 6.45) is 0. The molecule has 0 unspecified atom stereocenters. The lowest BCUT2D eigenvalue weighted by atomic mass is 10.3. The van der Waals surface area contributed by atoms with Crippen LogP contribution in [-0.2, 0) is 0 Å². The van der Waals surface area contributed by atoms with Crippen molar-refractivity contribution in [1.82, 2.24) is 10.2 Å². The first-order valence-corrected chi connectivity index (χ1v) is 6.97. The van der Waals surface area contributed by atoms with Gasteiger partial charge >= 0.3 is 0 Å². The van der Waals surface area contributed by atoms with Gasteiger partial charge in [0.05, 0.1) is 10.7 Å². The van der Waals surface area contributed by atoms with Gasteiger partial charge in [-0.15, -0.1) is 10.2 Å². The van der Waals surface area contributed by atoms with Gasteiger partial charge in [-0.2, -0.15) is 0 Å². The molecule has 0 aliphatic heterocycles. The van der Waals surface area contributed by atoms with Crippen LogP contribution in [0.4, 0.5) is 15.2 Å². The van der Waals surface area contributed by atoms with Crippen molar-refractivity contribution in [1.29, 1.82) is 0 Å². The number of hydrogen-bond donors (Lipinski definition) is 2. The second-order valence-electron chi connectivity index (χ2n) is 3.36. The molecule has 0 bridgehead atoms. The van der Waals surface area contributed by atoms with E-state index in [-0.39, 0.29) is 15.7 Å². The average Bonchev–Trinajstić information content (AvgIpc) is 2.82. The van der Waals surface area contributed by atoms with E-state index in [1.54, 1.807) is 7.05 Å². The Hall–Kier alpha value is -1.25. The van der Waals surface area contributed by atoms with Crippen LogP contribution in [0.15, 0.2) is 16.6 Å². The molecule has 0 saturated heterocycles. The van der Waals surface area contributed by atoms with Crippen molar-refractivity contribution in [3.05, 3.63) is 32.5 Å². The third-order valence-corrected chi connectivity index (χ3v) is 3.94. The maximum Gasteiger partial charge on any atom is 0.286 e. The van der Waals surface area contributed by atoms with Crippen LogP contribution >= 0.6 is 38.9 Å². The van der Waals surface area contributed by atoms with Gasteiger partial charge in [0.1, 0.15) is 5.82 Å². The van der Waals surface area contributed by atoms with E-state index in [0.717, 1.165) is 17.4 Å². The van der Waals surface area contributed by atoms with Gasteiger partial charge in [-0.25, -0.2) is 4.39 Å². The molecular weight excluding hydrogens is 359 g/mol. The minimum atomic E-state index is -0.497. The number of benzene rings is 1. The molecule has 0 spiro atoms. The second kappa shape index (κ2) is 5.81. The molecule has 1 aromatic carbocycles. The maximum absolute atomic E-state index is 13.1. The molecule has 19 heavy (non-hydrogen) atoms. The summed E-state index contributed by atoms with van der Waals surface area (Å²) in [5, 5.41) is 13.6. The highest BCUT2D eigenvalue weighted by Crippen LogP contribution is 2.32. The summed E-state index contributed by atoms with van der Waals surface area (Å²) in [5.74, 6) is -0.962. The highest BCUT2D eigenvalue weighted by Gasteiger charge is 2.16. The Labute approximate surface area is 125 Å². The number of halogens is 3. The number of rotatable bonds is 3. The summed E-state index contributed by atoms with van der Waals surface area (Å²) in [4.78, 5) is 11.9. The van der Waals surface area contributed by atoms with E-state index in [1.807, 2.05) is 0 Å². The summed E-state index contributed by atoms with van der Waals surface area (Å²) >= 11 is 10.1. The lowest BCUT2D eigenvalue weighted by Crippen LogP contribution is -2.12. The molecule has 0 radical (unpaired) electrons. The molecule has 1 amide bonds. The zero-order valence-corrected chi connectivity index (χ0v) is 12.7. The lowest BCUT2D eigenvalue weighted by Gasteiger charge is -2.07. The summed E-state index contributed by atoms with van der Waals surface area (Å²) in [5.41, 5.74) is 0.286. The standard InChI is InChI=1S/C10H7BrClFN4OS/c1-14-10-17-16-9(19-10)8(18)15-7-5(11)2-4(13)3-6(7)12/h2-3H,1H3,(H,14,17)(H,15,18). The number of nitrogens with one attached hydrogen (secondary N) is 2. The number of anilines is 2. The van der Waals surface area contributed by atoms with Crippen LogP contribution in [0.2, 0.25) is 5.02 Å². The molecule has 2 aromatic rings. The van der Waals surface area contributed by atoms with Crippen LogP contribution in [0.5, 0.6) is 0 Å². The number of carbonyl (C=O) groups is 1. The molecule has 0 atom stereocenters. The van der Waals surface area contributed by atoms with Gasteiger partial charge in [-0.05, 0) is 28.1 Å². The Morgan fingerprint density at radius 1 is 1.47 bits per heavy atom. The number of aromatic nitrogens is 2. The Morgan fingerprint density at radius 2 is 2.21 bits per heavy atom. The van der Waals surface area contributed by atoms with Crippen molar-refractivity contribution in [3.63, 3.8) is 0 Å². The normalized spacial score (nSPS) is 10.3. The predicted molar refractivity (Wildman–Crippen MR) is 76.5 cm³/mol. The molecule has 1 heterocycles. The zero-order valence-electron chi connectivity index (χ0n) is 9.50. The van der Waals surface area contributed by atoms with Crippen molar-refractivity contribution >= 4 is 55.6 Å². The largest absolute Gasteiger partial charge is 0.363 e. The fraction of sp³-hybridized carbons (Fsp3) is 0.100. The van der Waals surface area contributed by atoms with Crippen molar-refractivity contribution in [2.75, 3.05) is 17.7 Å². The highest BCUT2D eigenvalue weighted by molar-refractivity contribution is 9.10. The smallest absolute Gasteiger partial charge is 0.286 e. The summed E-state index contributed by atoms with van der Waals surface area (Å²) in [6.45, 7) is 0. The maximum atomic E-state index is 13.1. The van der Waals surface area contributed by atoms with Crippen LogP contribution in [0.3, 0.4) is 0 Å². The predicted octanol–water partition coefficient (Wildman–Crippen LogP) is 3.39. The van der Waals surface area contributed by atoms with Crippen LogP contribution in [0.25, 0.3) is 0 Å². The molecule has 2 N–H and O–H groups in total. The van der Waals surface area contributed by atoms with E-state index in [1.165, 1.54) is 6.07 Å². The Morgan fingerprint density at radius 3 is 2.79 bits per heavy atom. The Balaban J connectivity index is 2.24. The zero-order chi connectivity index (χ0) is 14.0. The van der Waals surface area contributed by atoms with E-state index < -0.39 is 11.7 Å². The number of amides is 1. The highest BCUT2D eigenvalue weighted by atomic mass is 79.9. The summed E-state index contributed by atoms with van der Waals surface area (Å²) < 4.78 is 13.4. The van der Waals surface area contributed by atoms with Gasteiger partial charge in [-0.3, -0.25) is 4.79 Å². The number of carbonyl (C=O) groups excluding carboxylic acids is 1. The van der Waals surface area contributed by atoms with E-state index in [2.05, 4.69) is 36.8 Å². The van der Waals surface area contributed by atoms with Gasteiger partial charge in [0.2, 0.25) is 10.1 Å². The van der Waals surface area contributed by atoms with E-state index in [4.69, 9.17) is 11.6 Å². The molecule has 2 rings (SSSR count). The second-order valence-corrected chi connectivity index (χ2v) is 5.60. The lowest BCUT2D eigenvalue weighted by molar-refractivity contribution is 0.102. The van der Waals surface area contributed by atoms with E-state index in [9.17, 15) is 9.18 Å². The molecule has 0 saturated carbocycles. The van der Waals surface area contributed by atoms with Crippen molar-refractivity contribution < 1.29 is 9.18 Å². The first kappa shape index (κ1) is 14.2. The molecule has 9 heteroatoms. The molecular formula is C10H7BrClFN4OS. The van der Waals surface area contributed by atoms with E-state index in [0.29, 0.717) is 9.60 Å². The monoisotopic (exact) mass is 364 g/mol. The SMILES string of the molecule is CNc1nnc(C(=O)Nc2c(Cl)cc(F)cc2Br)s1. The van der Waals surface area contributed by atoms with E-state index >= 15 is 0 Å². The molecule has 0 aliphatic rings. The summed E-state index contributed by atoms with van der Waals surface area (Å²) in [6, 6.07) is 2.32. The van der Waals surface area contributed by atoms with Gasteiger partial charge in [0.15, 0.2) is 0 Å². The van der Waals surface area contributed by atoms with Crippen LogP contribution in [0.1, 0.15) is 9.80 Å². The van der Waals surface area contributed by atoms with Crippen LogP contribution in [-0.4, -0.2) is 23.2 Å². The minimum absolute atomic E-state index is 0.0959. The van der Waals surface area contributed by atoms with Crippen molar-refractivity contribution in [2.45, 2.75) is 0 Å². The van der Waals surface area contributed by atoms with Gasteiger partial charge in [0, 0.05) is 11.5 Å². The topological polar surface area (TPSA) is 66.9 Å². The molecule has 5 nitrogen and oxygen atoms in total. The quantitative estimate of drug-likeness (QED) is 0.875. The third-order valence-electron chi connectivity index (χ3n) is 2.08. The third kappa shape index (κ3) is 3.20. The average molecular weight is 366 g/mol. The summed E-state index contributed by atoms with van der Waals surface area (Å²) in [7, 11) is 1.68. The fourth-order valence-corrected chi connectivity index (χ4v) is 2.74. The number of nitrogens with zero attached hydrogens (tertiary/aromatic N) is 2. The molecule has 1 aromatic heterocycles. The Bertz CT molecular complexity index is 613. The molecule has 100 valence electrons.